The molecule has 0 saturated carbocycles. The predicted molar refractivity (Wildman–Crippen MR) is 48.4 cm³/mol. The average molecular weight is 211 g/mol. The second-order valence-electron chi connectivity index (χ2n) is 3.07. The summed E-state index contributed by atoms with van der Waals surface area (Å²) in [6.45, 7) is 0. The second kappa shape index (κ2) is 4.37. The van der Waals surface area contributed by atoms with Crippen LogP contribution in [0.3, 0.4) is 0 Å². The van der Waals surface area contributed by atoms with Gasteiger partial charge in [0.15, 0.2) is 0 Å². The number of nitrogens with two attached hydrogens (primary N) is 1. The SMILES string of the molecule is NC1C=C(CCSC(F)(F)F)CC1. The van der Waals surface area contributed by atoms with Crippen molar-refractivity contribution in [1.82, 2.24) is 0 Å². The third kappa shape index (κ3) is 4.57. The largest absolute Gasteiger partial charge is 0.441 e. The van der Waals surface area contributed by atoms with Crippen LogP contribution >= 0.6 is 11.8 Å². The molecule has 1 unspecified atom stereocenters. The van der Waals surface area contributed by atoms with Gasteiger partial charge < -0.3 is 5.73 Å². The van der Waals surface area contributed by atoms with Crippen LogP contribution in [0, 0.1) is 0 Å². The summed E-state index contributed by atoms with van der Waals surface area (Å²) in [5.74, 6) is 0.113. The topological polar surface area (TPSA) is 26.0 Å². The van der Waals surface area contributed by atoms with E-state index in [0.717, 1.165) is 18.4 Å². The molecule has 1 atom stereocenters. The van der Waals surface area contributed by atoms with Crippen molar-refractivity contribution in [3.8, 4) is 0 Å². The van der Waals surface area contributed by atoms with Gasteiger partial charge in [-0.3, -0.25) is 0 Å². The molecular weight excluding hydrogens is 199 g/mol. The summed E-state index contributed by atoms with van der Waals surface area (Å²) >= 11 is 0.0400. The van der Waals surface area contributed by atoms with Crippen LogP contribution in [0.2, 0.25) is 0 Å². The standard InChI is InChI=1S/C8H12F3NS/c9-8(10,11)13-4-3-6-1-2-7(12)5-6/h5,7H,1-4,12H2. The van der Waals surface area contributed by atoms with Crippen LogP contribution in [-0.4, -0.2) is 17.3 Å². The van der Waals surface area contributed by atoms with Crippen molar-refractivity contribution in [1.29, 1.82) is 0 Å². The van der Waals surface area contributed by atoms with Gasteiger partial charge in [-0.15, -0.1) is 0 Å². The van der Waals surface area contributed by atoms with E-state index >= 15 is 0 Å². The molecule has 1 aliphatic carbocycles. The summed E-state index contributed by atoms with van der Waals surface area (Å²) < 4.78 is 35.2. The zero-order valence-corrected chi connectivity index (χ0v) is 7.92. The Morgan fingerprint density at radius 3 is 2.69 bits per heavy atom. The number of halogens is 3. The van der Waals surface area contributed by atoms with Crippen LogP contribution in [0.15, 0.2) is 11.6 Å². The van der Waals surface area contributed by atoms with E-state index in [1.165, 1.54) is 0 Å². The maximum Gasteiger partial charge on any atom is 0.441 e. The summed E-state index contributed by atoms with van der Waals surface area (Å²) in [5, 5.41) is 0. The van der Waals surface area contributed by atoms with E-state index in [1.807, 2.05) is 6.08 Å². The molecule has 0 spiro atoms. The number of hydrogen-bond donors (Lipinski definition) is 1. The fraction of sp³-hybridized carbons (Fsp3) is 0.750. The number of alkyl halides is 3. The maximum absolute atomic E-state index is 11.7. The summed E-state index contributed by atoms with van der Waals surface area (Å²) in [6.07, 6.45) is 4.14. The van der Waals surface area contributed by atoms with Gasteiger partial charge in [-0.05, 0) is 19.3 Å². The maximum atomic E-state index is 11.7. The van der Waals surface area contributed by atoms with Gasteiger partial charge in [0.25, 0.3) is 0 Å². The van der Waals surface area contributed by atoms with Crippen LogP contribution in [0.5, 0.6) is 0 Å². The Kier molecular flexibility index (Phi) is 3.67. The molecule has 0 bridgehead atoms. The van der Waals surface area contributed by atoms with E-state index in [9.17, 15) is 13.2 Å². The van der Waals surface area contributed by atoms with Crippen molar-refractivity contribution in [2.45, 2.75) is 30.8 Å². The third-order valence-electron chi connectivity index (χ3n) is 1.94. The normalized spacial score (nSPS) is 23.4. The van der Waals surface area contributed by atoms with Crippen molar-refractivity contribution >= 4 is 11.8 Å². The molecule has 1 rings (SSSR count). The molecule has 0 heterocycles. The zero-order chi connectivity index (χ0) is 9.90. The number of rotatable bonds is 3. The number of hydrogen-bond acceptors (Lipinski definition) is 2. The lowest BCUT2D eigenvalue weighted by atomic mass is 10.2. The first-order chi connectivity index (χ1) is 5.97. The van der Waals surface area contributed by atoms with Gasteiger partial charge in [-0.2, -0.15) is 13.2 Å². The fourth-order valence-corrected chi connectivity index (χ4v) is 1.92. The number of allylic oxidation sites excluding steroid dienone is 1. The average Bonchev–Trinajstić information content (AvgIpc) is 2.33. The highest BCUT2D eigenvalue weighted by Crippen LogP contribution is 2.32. The lowest BCUT2D eigenvalue weighted by Crippen LogP contribution is -2.11. The van der Waals surface area contributed by atoms with Gasteiger partial charge in [0, 0.05) is 11.8 Å². The highest BCUT2D eigenvalue weighted by atomic mass is 32.2. The molecule has 5 heteroatoms. The van der Waals surface area contributed by atoms with Gasteiger partial charge >= 0.3 is 5.51 Å². The molecule has 76 valence electrons. The van der Waals surface area contributed by atoms with Gasteiger partial charge in [-0.1, -0.05) is 23.4 Å². The number of thioether (sulfide) groups is 1. The van der Waals surface area contributed by atoms with E-state index in [-0.39, 0.29) is 23.6 Å². The molecule has 0 aliphatic heterocycles. The summed E-state index contributed by atoms with van der Waals surface area (Å²) in [6, 6.07) is 0.0610. The molecule has 1 aliphatic rings. The summed E-state index contributed by atoms with van der Waals surface area (Å²) in [5.41, 5.74) is 2.55. The Bertz CT molecular complexity index is 200. The van der Waals surface area contributed by atoms with Crippen molar-refractivity contribution in [2.75, 3.05) is 5.75 Å². The van der Waals surface area contributed by atoms with Crippen LogP contribution in [-0.2, 0) is 0 Å². The lowest BCUT2D eigenvalue weighted by Gasteiger charge is -2.05. The molecule has 0 aromatic heterocycles. The van der Waals surface area contributed by atoms with Gasteiger partial charge in [0.1, 0.15) is 0 Å². The first kappa shape index (κ1) is 10.9. The van der Waals surface area contributed by atoms with Gasteiger partial charge in [0.2, 0.25) is 0 Å². The van der Waals surface area contributed by atoms with Gasteiger partial charge in [-0.25, -0.2) is 0 Å². The fourth-order valence-electron chi connectivity index (χ4n) is 1.33. The van der Waals surface area contributed by atoms with Crippen molar-refractivity contribution < 1.29 is 13.2 Å². The molecule has 0 saturated heterocycles. The highest BCUT2D eigenvalue weighted by Gasteiger charge is 2.27. The predicted octanol–water partition coefficient (Wildman–Crippen LogP) is 2.68. The molecule has 0 radical (unpaired) electrons. The first-order valence-corrected chi connectivity index (χ1v) is 5.12. The Labute approximate surface area is 79.6 Å². The van der Waals surface area contributed by atoms with E-state index in [1.54, 1.807) is 0 Å². The molecule has 2 N–H and O–H groups in total. The molecule has 0 aromatic rings. The minimum atomic E-state index is -4.10. The molecule has 0 fully saturated rings. The minimum absolute atomic E-state index is 0.0400. The smallest absolute Gasteiger partial charge is 0.324 e. The molecule has 13 heavy (non-hydrogen) atoms. The Morgan fingerprint density at radius 1 is 1.54 bits per heavy atom. The molecule has 1 nitrogen and oxygen atoms in total. The zero-order valence-electron chi connectivity index (χ0n) is 7.10. The Morgan fingerprint density at radius 2 is 2.23 bits per heavy atom. The van der Waals surface area contributed by atoms with Crippen molar-refractivity contribution in [3.05, 3.63) is 11.6 Å². The monoisotopic (exact) mass is 211 g/mol. The highest BCUT2D eigenvalue weighted by molar-refractivity contribution is 8.00. The quantitative estimate of drug-likeness (QED) is 0.726. The van der Waals surface area contributed by atoms with Gasteiger partial charge in [0.05, 0.1) is 0 Å². The third-order valence-corrected chi connectivity index (χ3v) is 2.67. The van der Waals surface area contributed by atoms with Crippen LogP contribution in [0.4, 0.5) is 13.2 Å². The lowest BCUT2D eigenvalue weighted by molar-refractivity contribution is -0.0327. The summed E-state index contributed by atoms with van der Waals surface area (Å²) in [7, 11) is 0. The Balaban J connectivity index is 2.17. The Hall–Kier alpha value is -0.160. The van der Waals surface area contributed by atoms with Crippen LogP contribution in [0.1, 0.15) is 19.3 Å². The van der Waals surface area contributed by atoms with E-state index < -0.39 is 5.51 Å². The van der Waals surface area contributed by atoms with Crippen LogP contribution in [0.25, 0.3) is 0 Å². The molecule has 0 amide bonds. The molecular formula is C8H12F3NS. The molecule has 0 aromatic carbocycles. The van der Waals surface area contributed by atoms with E-state index in [0.29, 0.717) is 6.42 Å². The van der Waals surface area contributed by atoms with E-state index in [2.05, 4.69) is 0 Å². The minimum Gasteiger partial charge on any atom is -0.324 e. The van der Waals surface area contributed by atoms with Crippen molar-refractivity contribution in [3.63, 3.8) is 0 Å². The summed E-state index contributed by atoms with van der Waals surface area (Å²) in [4.78, 5) is 0. The second-order valence-corrected chi connectivity index (χ2v) is 4.23. The van der Waals surface area contributed by atoms with E-state index in [4.69, 9.17) is 5.73 Å². The van der Waals surface area contributed by atoms with Crippen LogP contribution < -0.4 is 5.73 Å². The first-order valence-electron chi connectivity index (χ1n) is 4.13. The van der Waals surface area contributed by atoms with Crippen molar-refractivity contribution in [2.24, 2.45) is 5.73 Å².